The number of hydrogen-bond donors (Lipinski definition) is 0. The van der Waals surface area contributed by atoms with Crippen LogP contribution >= 0.6 is 15.9 Å². The zero-order valence-electron chi connectivity index (χ0n) is 10.7. The molecule has 0 heterocycles. The smallest absolute Gasteiger partial charge is 0.253 e. The highest BCUT2D eigenvalue weighted by atomic mass is 79.9. The Morgan fingerprint density at radius 3 is 2.50 bits per heavy atom. The van der Waals surface area contributed by atoms with Crippen molar-refractivity contribution in [1.82, 2.24) is 4.90 Å². The second-order valence-electron chi connectivity index (χ2n) is 4.56. The van der Waals surface area contributed by atoms with Crippen molar-refractivity contribution in [3.05, 3.63) is 34.3 Å². The van der Waals surface area contributed by atoms with Gasteiger partial charge < -0.3 is 4.90 Å². The molecular weight excluding hydrogens is 292 g/mol. The number of amides is 1. The van der Waals surface area contributed by atoms with Crippen molar-refractivity contribution >= 4 is 21.8 Å². The number of nitrogens with zero attached hydrogens (tertiary/aromatic N) is 2. The van der Waals surface area contributed by atoms with Crippen LogP contribution in [0.1, 0.15) is 30.6 Å². The summed E-state index contributed by atoms with van der Waals surface area (Å²) < 4.78 is 0.950. The van der Waals surface area contributed by atoms with Crippen LogP contribution in [0, 0.1) is 17.2 Å². The van der Waals surface area contributed by atoms with Crippen molar-refractivity contribution in [3.63, 3.8) is 0 Å². The molecule has 0 aliphatic rings. The standard InChI is InChI=1S/C14H17BrN2O/c1-11(2)10-17(9-3-8-16)14(18)12-4-6-13(15)7-5-12/h4-7,11H,3,9-10H2,1-2H3. The Morgan fingerprint density at radius 2 is 2.00 bits per heavy atom. The van der Waals surface area contributed by atoms with E-state index in [2.05, 4.69) is 35.8 Å². The lowest BCUT2D eigenvalue weighted by Gasteiger charge is -2.23. The summed E-state index contributed by atoms with van der Waals surface area (Å²) in [4.78, 5) is 14.0. The third kappa shape index (κ3) is 4.50. The van der Waals surface area contributed by atoms with Gasteiger partial charge in [0.25, 0.3) is 5.91 Å². The summed E-state index contributed by atoms with van der Waals surface area (Å²) in [6.45, 7) is 5.29. The zero-order valence-corrected chi connectivity index (χ0v) is 12.3. The second-order valence-corrected chi connectivity index (χ2v) is 5.48. The Hall–Kier alpha value is -1.34. The summed E-state index contributed by atoms with van der Waals surface area (Å²) in [5, 5.41) is 8.64. The fourth-order valence-electron chi connectivity index (χ4n) is 1.68. The van der Waals surface area contributed by atoms with Gasteiger partial charge >= 0.3 is 0 Å². The third-order valence-corrected chi connectivity index (χ3v) is 2.99. The molecule has 4 heteroatoms. The number of rotatable bonds is 5. The van der Waals surface area contributed by atoms with E-state index >= 15 is 0 Å². The Bertz CT molecular complexity index is 434. The van der Waals surface area contributed by atoms with Crippen molar-refractivity contribution in [2.45, 2.75) is 20.3 Å². The van der Waals surface area contributed by atoms with Gasteiger partial charge in [-0.25, -0.2) is 0 Å². The van der Waals surface area contributed by atoms with Crippen molar-refractivity contribution < 1.29 is 4.79 Å². The lowest BCUT2D eigenvalue weighted by Crippen LogP contribution is -2.34. The highest BCUT2D eigenvalue weighted by molar-refractivity contribution is 9.10. The monoisotopic (exact) mass is 308 g/mol. The summed E-state index contributed by atoms with van der Waals surface area (Å²) in [6, 6.07) is 9.39. The average molecular weight is 309 g/mol. The summed E-state index contributed by atoms with van der Waals surface area (Å²) in [7, 11) is 0. The minimum atomic E-state index is -0.00792. The van der Waals surface area contributed by atoms with E-state index in [1.54, 1.807) is 17.0 Å². The van der Waals surface area contributed by atoms with Gasteiger partial charge in [0.2, 0.25) is 0 Å². The molecule has 0 fully saturated rings. The van der Waals surface area contributed by atoms with Crippen LogP contribution in [0.25, 0.3) is 0 Å². The number of carbonyl (C=O) groups is 1. The number of carbonyl (C=O) groups excluding carboxylic acids is 1. The lowest BCUT2D eigenvalue weighted by atomic mass is 10.1. The number of nitriles is 1. The molecule has 0 aromatic heterocycles. The first-order valence-electron chi connectivity index (χ1n) is 5.96. The molecule has 1 amide bonds. The molecule has 0 saturated carbocycles. The number of halogens is 1. The van der Waals surface area contributed by atoms with Crippen LogP contribution in [0.4, 0.5) is 0 Å². The molecule has 3 nitrogen and oxygen atoms in total. The molecule has 18 heavy (non-hydrogen) atoms. The highest BCUT2D eigenvalue weighted by Crippen LogP contribution is 2.13. The van der Waals surface area contributed by atoms with E-state index in [0.29, 0.717) is 31.0 Å². The number of hydrogen-bond acceptors (Lipinski definition) is 2. The normalized spacial score (nSPS) is 10.2. The van der Waals surface area contributed by atoms with E-state index in [1.807, 2.05) is 12.1 Å². The molecular formula is C14H17BrN2O. The molecule has 1 aromatic rings. The van der Waals surface area contributed by atoms with Crippen LogP contribution in [0.5, 0.6) is 0 Å². The SMILES string of the molecule is CC(C)CN(CCC#N)C(=O)c1ccc(Br)cc1. The molecule has 1 rings (SSSR count). The maximum Gasteiger partial charge on any atom is 0.253 e. The first-order chi connectivity index (χ1) is 8.54. The lowest BCUT2D eigenvalue weighted by molar-refractivity contribution is 0.0740. The summed E-state index contributed by atoms with van der Waals surface area (Å²) in [5.41, 5.74) is 0.664. The minimum Gasteiger partial charge on any atom is -0.337 e. The topological polar surface area (TPSA) is 44.1 Å². The Labute approximate surface area is 117 Å². The maximum absolute atomic E-state index is 12.3. The van der Waals surface area contributed by atoms with Crippen molar-refractivity contribution in [1.29, 1.82) is 5.26 Å². The average Bonchev–Trinajstić information content (AvgIpc) is 2.34. The van der Waals surface area contributed by atoms with E-state index in [9.17, 15) is 4.79 Å². The second kappa shape index (κ2) is 7.17. The maximum atomic E-state index is 12.3. The molecule has 0 unspecified atom stereocenters. The molecule has 0 saturated heterocycles. The van der Waals surface area contributed by atoms with Crippen LogP contribution in [0.3, 0.4) is 0 Å². The third-order valence-electron chi connectivity index (χ3n) is 2.46. The van der Waals surface area contributed by atoms with E-state index in [-0.39, 0.29) is 5.91 Å². The summed E-state index contributed by atoms with van der Waals surface area (Å²) >= 11 is 3.35. The van der Waals surface area contributed by atoms with Gasteiger partial charge in [-0.2, -0.15) is 5.26 Å². The molecule has 0 bridgehead atoms. The molecule has 0 spiro atoms. The first kappa shape index (κ1) is 14.7. The fourth-order valence-corrected chi connectivity index (χ4v) is 1.94. The van der Waals surface area contributed by atoms with Crippen molar-refractivity contribution in [2.24, 2.45) is 5.92 Å². The molecule has 0 aliphatic heterocycles. The van der Waals surface area contributed by atoms with E-state index in [0.717, 1.165) is 4.47 Å². The Morgan fingerprint density at radius 1 is 1.39 bits per heavy atom. The van der Waals surface area contributed by atoms with Gasteiger partial charge in [-0.3, -0.25) is 4.79 Å². The first-order valence-corrected chi connectivity index (χ1v) is 6.75. The molecule has 1 aromatic carbocycles. The summed E-state index contributed by atoms with van der Waals surface area (Å²) in [5.74, 6) is 0.384. The van der Waals surface area contributed by atoms with Crippen LogP contribution in [0.15, 0.2) is 28.7 Å². The predicted molar refractivity (Wildman–Crippen MR) is 75.1 cm³/mol. The van der Waals surface area contributed by atoms with Crippen LogP contribution in [-0.2, 0) is 0 Å². The molecule has 96 valence electrons. The van der Waals surface area contributed by atoms with E-state index in [1.165, 1.54) is 0 Å². The fraction of sp³-hybridized carbons (Fsp3) is 0.429. The van der Waals surface area contributed by atoms with Crippen molar-refractivity contribution in [2.75, 3.05) is 13.1 Å². The largest absolute Gasteiger partial charge is 0.337 e. The van der Waals surface area contributed by atoms with Gasteiger partial charge in [0.1, 0.15) is 0 Å². The van der Waals surface area contributed by atoms with E-state index in [4.69, 9.17) is 5.26 Å². The molecule has 0 radical (unpaired) electrons. The molecule has 0 aliphatic carbocycles. The number of benzene rings is 1. The Balaban J connectivity index is 2.81. The minimum absolute atomic E-state index is 0.00792. The molecule has 0 atom stereocenters. The van der Waals surface area contributed by atoms with Gasteiger partial charge in [-0.15, -0.1) is 0 Å². The van der Waals surface area contributed by atoms with Crippen LogP contribution < -0.4 is 0 Å². The van der Waals surface area contributed by atoms with Gasteiger partial charge in [0, 0.05) is 23.1 Å². The molecule has 0 N–H and O–H groups in total. The Kier molecular flexibility index (Phi) is 5.87. The predicted octanol–water partition coefficient (Wildman–Crippen LogP) is 3.46. The summed E-state index contributed by atoms with van der Waals surface area (Å²) in [6.07, 6.45) is 0.370. The van der Waals surface area contributed by atoms with Crippen LogP contribution in [0.2, 0.25) is 0 Å². The van der Waals surface area contributed by atoms with Gasteiger partial charge in [0.05, 0.1) is 12.5 Å². The highest BCUT2D eigenvalue weighted by Gasteiger charge is 2.16. The van der Waals surface area contributed by atoms with E-state index < -0.39 is 0 Å². The van der Waals surface area contributed by atoms with Crippen LogP contribution in [-0.4, -0.2) is 23.9 Å². The quantitative estimate of drug-likeness (QED) is 0.836. The van der Waals surface area contributed by atoms with Gasteiger partial charge in [0.15, 0.2) is 0 Å². The zero-order chi connectivity index (χ0) is 13.5. The van der Waals surface area contributed by atoms with Gasteiger partial charge in [-0.05, 0) is 30.2 Å². The van der Waals surface area contributed by atoms with Gasteiger partial charge in [-0.1, -0.05) is 29.8 Å². The van der Waals surface area contributed by atoms with Crippen molar-refractivity contribution in [3.8, 4) is 6.07 Å².